The van der Waals surface area contributed by atoms with Crippen molar-refractivity contribution in [2.45, 2.75) is 12.8 Å². The highest BCUT2D eigenvalue weighted by atomic mass is 15.2. The van der Waals surface area contributed by atoms with Crippen LogP contribution in [0.4, 0.5) is 0 Å². The number of nitrogens with zero attached hydrogens (tertiary/aromatic N) is 5. The Morgan fingerprint density at radius 3 is 2.08 bits per heavy atom. The van der Waals surface area contributed by atoms with Gasteiger partial charge in [-0.15, -0.1) is 0 Å². The van der Waals surface area contributed by atoms with Crippen molar-refractivity contribution >= 4 is 60.0 Å². The minimum atomic E-state index is 0.619. The van der Waals surface area contributed by atoms with Gasteiger partial charge in [0.2, 0.25) is 5.95 Å². The third-order valence-corrected chi connectivity index (χ3v) is 9.62. The van der Waals surface area contributed by atoms with Crippen molar-refractivity contribution in [3.05, 3.63) is 158 Å². The molecule has 0 spiro atoms. The first kappa shape index (κ1) is 26.8. The van der Waals surface area contributed by atoms with Crippen LogP contribution in [0.15, 0.2) is 152 Å². The summed E-state index contributed by atoms with van der Waals surface area (Å²) in [6.07, 6.45) is 8.30. The van der Waals surface area contributed by atoms with Gasteiger partial charge in [0, 0.05) is 32.8 Å². The molecule has 10 rings (SSSR count). The van der Waals surface area contributed by atoms with Crippen LogP contribution in [-0.4, -0.2) is 24.1 Å². The largest absolute Gasteiger partial charge is 0.309 e. The predicted molar refractivity (Wildman–Crippen MR) is 198 cm³/mol. The lowest BCUT2D eigenvalue weighted by Gasteiger charge is -2.13. The fourth-order valence-electron chi connectivity index (χ4n) is 7.42. The Morgan fingerprint density at radius 2 is 1.25 bits per heavy atom. The predicted octanol–water partition coefficient (Wildman–Crippen LogP) is 10.6. The summed E-state index contributed by atoms with van der Waals surface area (Å²) in [6, 6.07) is 47.4. The van der Waals surface area contributed by atoms with Gasteiger partial charge in [-0.05, 0) is 59.5 Å². The SMILES string of the molecule is C1=CCCC(c2nc(-c3ccccc3)nc(-n3c4ccccc4c4c3ccc3c5ccccc5n(-c5ccc6ccccc6c5)c34)n2)=C1. The van der Waals surface area contributed by atoms with Crippen LogP contribution < -0.4 is 0 Å². The number of para-hydroxylation sites is 2. The lowest BCUT2D eigenvalue weighted by molar-refractivity contribution is 0.913. The lowest BCUT2D eigenvalue weighted by atomic mass is 10.0. The molecule has 0 unspecified atom stereocenters. The summed E-state index contributed by atoms with van der Waals surface area (Å²) in [5.41, 5.74) is 7.70. The van der Waals surface area contributed by atoms with Crippen LogP contribution in [0, 0.1) is 0 Å². The Morgan fingerprint density at radius 1 is 0.521 bits per heavy atom. The molecule has 0 saturated carbocycles. The number of hydrogen-bond donors (Lipinski definition) is 0. The van der Waals surface area contributed by atoms with E-state index in [-0.39, 0.29) is 0 Å². The molecule has 0 atom stereocenters. The Balaban J connectivity index is 1.33. The maximum atomic E-state index is 5.19. The zero-order valence-corrected chi connectivity index (χ0v) is 26.1. The van der Waals surface area contributed by atoms with Gasteiger partial charge in [0.1, 0.15) is 0 Å². The number of hydrogen-bond acceptors (Lipinski definition) is 3. The molecule has 1 aliphatic rings. The van der Waals surface area contributed by atoms with Gasteiger partial charge < -0.3 is 4.57 Å². The smallest absolute Gasteiger partial charge is 0.238 e. The Hall–Kier alpha value is -6.33. The third kappa shape index (κ3) is 4.07. The standard InChI is InChI=1S/C43H29N5/c1-3-14-29(15-4-1)41-44-42(30-16-5-2-6-17-30)46-43(45-41)48-37-22-12-10-20-35(37)39-38(48)26-25-34-33-19-9-11-21-36(33)47(40(34)39)32-24-23-28-13-7-8-18-31(28)27-32/h1-5,7-16,18-27H,6,17H2. The van der Waals surface area contributed by atoms with Crippen molar-refractivity contribution < 1.29 is 0 Å². The van der Waals surface area contributed by atoms with Crippen molar-refractivity contribution in [1.29, 1.82) is 0 Å². The molecule has 3 heterocycles. The molecule has 0 fully saturated rings. The summed E-state index contributed by atoms with van der Waals surface area (Å²) < 4.78 is 4.66. The van der Waals surface area contributed by atoms with E-state index in [1.807, 2.05) is 18.2 Å². The van der Waals surface area contributed by atoms with Gasteiger partial charge in [0.15, 0.2) is 11.6 Å². The van der Waals surface area contributed by atoms with Crippen LogP contribution in [0.1, 0.15) is 18.7 Å². The highest BCUT2D eigenvalue weighted by molar-refractivity contribution is 6.26. The molecule has 0 bridgehead atoms. The van der Waals surface area contributed by atoms with E-state index in [2.05, 4.69) is 143 Å². The number of allylic oxidation sites excluding steroid dienone is 4. The van der Waals surface area contributed by atoms with Crippen LogP contribution in [0.2, 0.25) is 0 Å². The molecular formula is C43H29N5. The Bertz CT molecular complexity index is 2780. The van der Waals surface area contributed by atoms with Crippen LogP contribution in [0.25, 0.3) is 83.0 Å². The maximum Gasteiger partial charge on any atom is 0.238 e. The molecule has 6 aromatic carbocycles. The van der Waals surface area contributed by atoms with Crippen LogP contribution in [0.5, 0.6) is 0 Å². The van der Waals surface area contributed by atoms with Gasteiger partial charge in [-0.3, -0.25) is 4.57 Å². The second kappa shape index (κ2) is 10.6. The summed E-state index contributed by atoms with van der Waals surface area (Å²) in [6.45, 7) is 0. The van der Waals surface area contributed by atoms with Crippen molar-refractivity contribution in [3.63, 3.8) is 0 Å². The molecule has 5 heteroatoms. The van der Waals surface area contributed by atoms with E-state index >= 15 is 0 Å². The first-order chi connectivity index (χ1) is 23.8. The number of rotatable bonds is 4. The molecule has 0 aliphatic heterocycles. The number of aromatic nitrogens is 5. The molecule has 226 valence electrons. The van der Waals surface area contributed by atoms with Crippen molar-refractivity contribution in [2.75, 3.05) is 0 Å². The molecule has 0 amide bonds. The topological polar surface area (TPSA) is 48.5 Å². The van der Waals surface area contributed by atoms with E-state index in [1.165, 1.54) is 38.0 Å². The first-order valence-corrected chi connectivity index (χ1v) is 16.4. The van der Waals surface area contributed by atoms with Crippen molar-refractivity contribution in [3.8, 4) is 23.0 Å². The molecule has 9 aromatic rings. The number of benzene rings is 6. The lowest BCUT2D eigenvalue weighted by Crippen LogP contribution is -2.08. The normalized spacial score (nSPS) is 13.3. The van der Waals surface area contributed by atoms with Crippen molar-refractivity contribution in [1.82, 2.24) is 24.1 Å². The van der Waals surface area contributed by atoms with Gasteiger partial charge in [-0.2, -0.15) is 9.97 Å². The fraction of sp³-hybridized carbons (Fsp3) is 0.0465. The monoisotopic (exact) mass is 615 g/mol. The minimum absolute atomic E-state index is 0.619. The van der Waals surface area contributed by atoms with Gasteiger partial charge in [-0.1, -0.05) is 121 Å². The Kier molecular flexibility index (Phi) is 5.93. The van der Waals surface area contributed by atoms with E-state index < -0.39 is 0 Å². The molecule has 5 nitrogen and oxygen atoms in total. The van der Waals surface area contributed by atoms with Crippen LogP contribution in [0.3, 0.4) is 0 Å². The second-order valence-corrected chi connectivity index (χ2v) is 12.4. The molecule has 0 radical (unpaired) electrons. The minimum Gasteiger partial charge on any atom is -0.309 e. The summed E-state index contributed by atoms with van der Waals surface area (Å²) in [5.74, 6) is 2.01. The maximum absolute atomic E-state index is 5.19. The van der Waals surface area contributed by atoms with E-state index in [0.29, 0.717) is 11.8 Å². The zero-order chi connectivity index (χ0) is 31.6. The van der Waals surface area contributed by atoms with Gasteiger partial charge in [0.05, 0.1) is 22.1 Å². The highest BCUT2D eigenvalue weighted by Gasteiger charge is 2.23. The molecule has 48 heavy (non-hydrogen) atoms. The van der Waals surface area contributed by atoms with E-state index in [1.54, 1.807) is 0 Å². The van der Waals surface area contributed by atoms with Crippen molar-refractivity contribution in [2.24, 2.45) is 0 Å². The third-order valence-electron chi connectivity index (χ3n) is 9.62. The fourth-order valence-corrected chi connectivity index (χ4v) is 7.42. The van der Waals surface area contributed by atoms with E-state index in [0.717, 1.165) is 51.9 Å². The molecule has 3 aromatic heterocycles. The first-order valence-electron chi connectivity index (χ1n) is 16.4. The molecule has 0 N–H and O–H groups in total. The summed E-state index contributed by atoms with van der Waals surface area (Å²) in [7, 11) is 0. The van der Waals surface area contributed by atoms with Gasteiger partial charge in [0.25, 0.3) is 0 Å². The molecule has 0 saturated heterocycles. The molecule has 1 aliphatic carbocycles. The average molecular weight is 616 g/mol. The highest BCUT2D eigenvalue weighted by Crippen LogP contribution is 2.42. The van der Waals surface area contributed by atoms with Crippen LogP contribution >= 0.6 is 0 Å². The summed E-state index contributed by atoms with van der Waals surface area (Å²) >= 11 is 0. The van der Waals surface area contributed by atoms with Crippen LogP contribution in [-0.2, 0) is 0 Å². The quantitative estimate of drug-likeness (QED) is 0.198. The van der Waals surface area contributed by atoms with Gasteiger partial charge >= 0.3 is 0 Å². The van der Waals surface area contributed by atoms with Gasteiger partial charge in [-0.25, -0.2) is 4.98 Å². The number of fused-ring (bicyclic) bond motifs is 8. The average Bonchev–Trinajstić information content (AvgIpc) is 3.68. The summed E-state index contributed by atoms with van der Waals surface area (Å²) in [5, 5.41) is 7.22. The van der Waals surface area contributed by atoms with E-state index in [9.17, 15) is 0 Å². The zero-order valence-electron chi connectivity index (χ0n) is 26.1. The molecular weight excluding hydrogens is 587 g/mol. The van der Waals surface area contributed by atoms with E-state index in [4.69, 9.17) is 15.0 Å². The second-order valence-electron chi connectivity index (χ2n) is 12.4. The Labute approximate surface area is 276 Å². The summed E-state index contributed by atoms with van der Waals surface area (Å²) in [4.78, 5) is 15.4.